The van der Waals surface area contributed by atoms with Crippen molar-refractivity contribution in [2.24, 2.45) is 0 Å². The van der Waals surface area contributed by atoms with Gasteiger partial charge in [0.1, 0.15) is 11.6 Å². The molecule has 0 saturated carbocycles. The van der Waals surface area contributed by atoms with Gasteiger partial charge in [0, 0.05) is 12.4 Å². The van der Waals surface area contributed by atoms with Gasteiger partial charge in [0.2, 0.25) is 0 Å². The maximum Gasteiger partial charge on any atom is 0.140 e. The number of nitrogens with zero attached hydrogens (tertiary/aromatic N) is 4. The number of hydrogen-bond acceptors (Lipinski definition) is 4. The molecular weight excluding hydrogens is 849 g/mol. The minimum Gasteiger partial charge on any atom is -0.294 e. The molecule has 2 aliphatic heterocycles. The maximum atomic E-state index is 5.90. The van der Waals surface area contributed by atoms with Gasteiger partial charge in [-0.25, -0.2) is 4.98 Å². The van der Waals surface area contributed by atoms with E-state index in [2.05, 4.69) is 276 Å². The standard InChI is InChI=1S/C66H46N4/c1-5-23-51(24-6-1)65(52-25-7-2-8-26-52)55-31-13-17-35-59(55)69(60-36-18-14-32-56(60)65)63-44-50(48-41-39-47(40-42-48)49-22-21-43-67-46-49)45-64(68-63)70-61-37-19-15-33-57(61)66(53-27-9-3-10-28-53,54-29-11-4-12-30-54)58-34-16-20-38-62(58)70/h1-46H. The summed E-state index contributed by atoms with van der Waals surface area (Å²) in [4.78, 5) is 15.1. The van der Waals surface area contributed by atoms with Crippen LogP contribution in [0.2, 0.25) is 0 Å². The van der Waals surface area contributed by atoms with Crippen LogP contribution < -0.4 is 9.80 Å². The van der Waals surface area contributed by atoms with E-state index in [0.29, 0.717) is 0 Å². The number of anilines is 6. The van der Waals surface area contributed by atoms with Crippen molar-refractivity contribution in [3.63, 3.8) is 0 Å². The lowest BCUT2D eigenvalue weighted by atomic mass is 9.62. The van der Waals surface area contributed by atoms with Crippen molar-refractivity contribution >= 4 is 34.4 Å². The molecule has 2 aliphatic rings. The Balaban J connectivity index is 1.09. The summed E-state index contributed by atoms with van der Waals surface area (Å²) >= 11 is 0. The van der Waals surface area contributed by atoms with Crippen molar-refractivity contribution < 1.29 is 0 Å². The summed E-state index contributed by atoms with van der Waals surface area (Å²) in [5.41, 5.74) is 17.0. The first kappa shape index (κ1) is 41.1. The van der Waals surface area contributed by atoms with Crippen molar-refractivity contribution in [1.29, 1.82) is 0 Å². The Kier molecular flexibility index (Phi) is 9.91. The summed E-state index contributed by atoms with van der Waals surface area (Å²) in [6.45, 7) is 0. The third-order valence-electron chi connectivity index (χ3n) is 14.5. The number of benzene rings is 9. The third kappa shape index (κ3) is 6.30. The Morgan fingerprint density at radius 1 is 0.271 bits per heavy atom. The molecule has 4 nitrogen and oxygen atoms in total. The molecule has 0 saturated heterocycles. The molecule has 0 fully saturated rings. The first-order valence-electron chi connectivity index (χ1n) is 24.0. The molecular formula is C66H46N4. The van der Waals surface area contributed by atoms with Crippen molar-refractivity contribution in [3.05, 3.63) is 324 Å². The Bertz CT molecular complexity index is 3270. The van der Waals surface area contributed by atoms with Gasteiger partial charge in [0.15, 0.2) is 0 Å². The van der Waals surface area contributed by atoms with E-state index >= 15 is 0 Å². The second kappa shape index (κ2) is 16.9. The first-order chi connectivity index (χ1) is 34.7. The predicted molar refractivity (Wildman–Crippen MR) is 286 cm³/mol. The largest absolute Gasteiger partial charge is 0.294 e. The fourth-order valence-electron chi connectivity index (χ4n) is 11.6. The van der Waals surface area contributed by atoms with Gasteiger partial charge < -0.3 is 0 Å². The lowest BCUT2D eigenvalue weighted by Gasteiger charge is -2.47. The van der Waals surface area contributed by atoms with E-state index in [9.17, 15) is 0 Å². The van der Waals surface area contributed by atoms with E-state index in [1.807, 2.05) is 18.5 Å². The number of para-hydroxylation sites is 4. The molecule has 0 amide bonds. The van der Waals surface area contributed by atoms with Crippen LogP contribution in [-0.4, -0.2) is 9.97 Å². The molecule has 11 aromatic rings. The fraction of sp³-hybridized carbons (Fsp3) is 0.0303. The predicted octanol–water partition coefficient (Wildman–Crippen LogP) is 16.1. The second-order valence-electron chi connectivity index (χ2n) is 18.1. The van der Waals surface area contributed by atoms with Crippen molar-refractivity contribution in [2.75, 3.05) is 9.80 Å². The van der Waals surface area contributed by atoms with Gasteiger partial charge in [0.25, 0.3) is 0 Å². The van der Waals surface area contributed by atoms with E-state index in [-0.39, 0.29) is 0 Å². The summed E-state index contributed by atoms with van der Waals surface area (Å²) < 4.78 is 0. The van der Waals surface area contributed by atoms with E-state index < -0.39 is 10.8 Å². The van der Waals surface area contributed by atoms with E-state index in [1.165, 1.54) is 44.5 Å². The van der Waals surface area contributed by atoms with Crippen LogP contribution in [0.1, 0.15) is 44.5 Å². The molecule has 4 heteroatoms. The highest BCUT2D eigenvalue weighted by Gasteiger charge is 2.48. The van der Waals surface area contributed by atoms with Crippen LogP contribution >= 0.6 is 0 Å². The molecule has 70 heavy (non-hydrogen) atoms. The Hall–Kier alpha value is -9.12. The average molecular weight is 895 g/mol. The number of rotatable bonds is 8. The van der Waals surface area contributed by atoms with Crippen molar-refractivity contribution in [1.82, 2.24) is 9.97 Å². The quantitative estimate of drug-likeness (QED) is 0.152. The fourth-order valence-corrected chi connectivity index (χ4v) is 11.6. The molecule has 330 valence electrons. The Morgan fingerprint density at radius 2 is 0.586 bits per heavy atom. The molecule has 2 aromatic heterocycles. The molecule has 13 rings (SSSR count). The lowest BCUT2D eigenvalue weighted by Crippen LogP contribution is -2.38. The minimum atomic E-state index is -0.613. The van der Waals surface area contributed by atoms with Gasteiger partial charge in [-0.2, -0.15) is 0 Å². The van der Waals surface area contributed by atoms with Crippen LogP contribution in [-0.2, 0) is 10.8 Å². The van der Waals surface area contributed by atoms with Gasteiger partial charge in [0.05, 0.1) is 33.6 Å². The van der Waals surface area contributed by atoms with Gasteiger partial charge in [-0.15, -0.1) is 0 Å². The molecule has 0 unspecified atom stereocenters. The highest BCUT2D eigenvalue weighted by Crippen LogP contribution is 2.60. The van der Waals surface area contributed by atoms with Crippen LogP contribution in [0.3, 0.4) is 0 Å². The van der Waals surface area contributed by atoms with Crippen LogP contribution in [0.5, 0.6) is 0 Å². The topological polar surface area (TPSA) is 32.3 Å². The first-order valence-corrected chi connectivity index (χ1v) is 24.0. The SMILES string of the molecule is c1ccc(C2(c3ccccc3)c3ccccc3N(c3cc(-c4ccc(-c5cccnc5)cc4)cc(N4c5ccccc5C(c5ccccc5)(c5ccccc5)c5ccccc54)n3)c3ccccc32)cc1. The monoisotopic (exact) mass is 894 g/mol. The summed E-state index contributed by atoms with van der Waals surface area (Å²) in [5.74, 6) is 1.63. The van der Waals surface area contributed by atoms with Gasteiger partial charge >= 0.3 is 0 Å². The molecule has 0 N–H and O–H groups in total. The zero-order chi connectivity index (χ0) is 46.5. The average Bonchev–Trinajstić information content (AvgIpc) is 3.45. The van der Waals surface area contributed by atoms with Gasteiger partial charge in [-0.05, 0) is 109 Å². The normalized spacial score (nSPS) is 13.9. The van der Waals surface area contributed by atoms with E-state index in [0.717, 1.165) is 56.6 Å². The third-order valence-corrected chi connectivity index (χ3v) is 14.5. The molecule has 0 bridgehead atoms. The Morgan fingerprint density at radius 3 is 0.914 bits per heavy atom. The number of aromatic nitrogens is 2. The zero-order valence-electron chi connectivity index (χ0n) is 38.3. The molecule has 0 spiro atoms. The molecule has 0 radical (unpaired) electrons. The molecule has 0 atom stereocenters. The summed E-state index contributed by atoms with van der Waals surface area (Å²) in [6.07, 6.45) is 3.74. The second-order valence-corrected chi connectivity index (χ2v) is 18.1. The summed E-state index contributed by atoms with van der Waals surface area (Å²) in [6, 6.07) is 97.1. The van der Waals surface area contributed by atoms with Crippen LogP contribution in [0.15, 0.2) is 279 Å². The maximum absolute atomic E-state index is 5.90. The smallest absolute Gasteiger partial charge is 0.140 e. The summed E-state index contributed by atoms with van der Waals surface area (Å²) in [5, 5.41) is 0. The molecule has 4 heterocycles. The highest BCUT2D eigenvalue weighted by atomic mass is 15.3. The van der Waals surface area contributed by atoms with E-state index in [1.54, 1.807) is 0 Å². The zero-order valence-corrected chi connectivity index (χ0v) is 38.3. The summed E-state index contributed by atoms with van der Waals surface area (Å²) in [7, 11) is 0. The molecule has 9 aromatic carbocycles. The Labute approximate surface area is 409 Å². The minimum absolute atomic E-state index is 0.613. The number of pyridine rings is 2. The molecule has 0 aliphatic carbocycles. The van der Waals surface area contributed by atoms with Crippen LogP contribution in [0.4, 0.5) is 34.4 Å². The number of hydrogen-bond donors (Lipinski definition) is 0. The van der Waals surface area contributed by atoms with Gasteiger partial charge in [-0.3, -0.25) is 14.8 Å². The highest BCUT2D eigenvalue weighted by molar-refractivity contribution is 5.93. The van der Waals surface area contributed by atoms with Gasteiger partial charge in [-0.1, -0.05) is 224 Å². The van der Waals surface area contributed by atoms with Crippen molar-refractivity contribution in [2.45, 2.75) is 10.8 Å². The number of fused-ring (bicyclic) bond motifs is 4. The van der Waals surface area contributed by atoms with Crippen molar-refractivity contribution in [3.8, 4) is 22.3 Å². The lowest BCUT2D eigenvalue weighted by molar-refractivity contribution is 0.728. The van der Waals surface area contributed by atoms with Crippen LogP contribution in [0.25, 0.3) is 22.3 Å². The van der Waals surface area contributed by atoms with E-state index in [4.69, 9.17) is 4.98 Å². The van der Waals surface area contributed by atoms with Crippen LogP contribution in [0, 0.1) is 0 Å².